The summed E-state index contributed by atoms with van der Waals surface area (Å²) in [5.74, 6) is 0.0345. The Labute approximate surface area is 124 Å². The fourth-order valence-corrected chi connectivity index (χ4v) is 1.60. The van der Waals surface area contributed by atoms with Gasteiger partial charge in [0.2, 0.25) is 5.91 Å². The molecule has 5 nitrogen and oxygen atoms in total. The van der Waals surface area contributed by atoms with Crippen molar-refractivity contribution in [1.82, 2.24) is 10.6 Å². The van der Waals surface area contributed by atoms with E-state index in [4.69, 9.17) is 4.74 Å². The Balaban J connectivity index is 2.26. The largest absolute Gasteiger partial charge is 0.491 e. The Morgan fingerprint density at radius 3 is 2.48 bits per heavy atom. The quantitative estimate of drug-likeness (QED) is 0.671. The number of hydrogen-bond donors (Lipinski definition) is 3. The van der Waals surface area contributed by atoms with E-state index in [1.807, 2.05) is 13.8 Å². The molecule has 0 radical (unpaired) electrons. The van der Waals surface area contributed by atoms with Gasteiger partial charge in [0.15, 0.2) is 0 Å². The van der Waals surface area contributed by atoms with E-state index in [2.05, 4.69) is 10.6 Å². The first-order valence-electron chi connectivity index (χ1n) is 6.98. The molecule has 0 bridgehead atoms. The lowest BCUT2D eigenvalue weighted by molar-refractivity contribution is -0.123. The van der Waals surface area contributed by atoms with Crippen molar-refractivity contribution in [3.8, 4) is 5.75 Å². The first kappa shape index (κ1) is 17.4. The van der Waals surface area contributed by atoms with Gasteiger partial charge in [-0.15, -0.1) is 0 Å². The standard InChI is InChI=1S/C15H23FN2O3/c1-10(2)18-15(20)11(3)17-8-13(19)9-21-14-6-4-12(16)5-7-14/h4-7,10-11,13,17,19H,8-9H2,1-3H3,(H,18,20). The molecule has 3 N–H and O–H groups in total. The molecule has 21 heavy (non-hydrogen) atoms. The Kier molecular flexibility index (Phi) is 7.11. The predicted molar refractivity (Wildman–Crippen MR) is 78.6 cm³/mol. The first-order valence-corrected chi connectivity index (χ1v) is 6.98. The number of hydrogen-bond acceptors (Lipinski definition) is 4. The van der Waals surface area contributed by atoms with Gasteiger partial charge in [-0.1, -0.05) is 0 Å². The highest BCUT2D eigenvalue weighted by Gasteiger charge is 2.14. The van der Waals surface area contributed by atoms with Crippen molar-refractivity contribution < 1.29 is 19.0 Å². The first-order chi connectivity index (χ1) is 9.88. The molecule has 2 unspecified atom stereocenters. The second-order valence-electron chi connectivity index (χ2n) is 5.21. The van der Waals surface area contributed by atoms with Crippen LogP contribution in [0.4, 0.5) is 4.39 Å². The van der Waals surface area contributed by atoms with Crippen LogP contribution in [-0.4, -0.2) is 42.4 Å². The van der Waals surface area contributed by atoms with Crippen molar-refractivity contribution in [2.45, 2.75) is 39.0 Å². The Morgan fingerprint density at radius 2 is 1.90 bits per heavy atom. The molecule has 1 rings (SSSR count). The van der Waals surface area contributed by atoms with Crippen LogP contribution in [-0.2, 0) is 4.79 Å². The minimum absolute atomic E-state index is 0.0666. The molecule has 118 valence electrons. The number of aliphatic hydroxyl groups excluding tert-OH is 1. The third-order valence-corrected chi connectivity index (χ3v) is 2.74. The lowest BCUT2D eigenvalue weighted by Crippen LogP contribution is -2.47. The van der Waals surface area contributed by atoms with Crippen molar-refractivity contribution in [3.63, 3.8) is 0 Å². The lowest BCUT2D eigenvalue weighted by atomic mass is 10.2. The number of ether oxygens (including phenoxy) is 1. The van der Waals surface area contributed by atoms with Crippen molar-refractivity contribution in [2.75, 3.05) is 13.2 Å². The number of amides is 1. The third-order valence-electron chi connectivity index (χ3n) is 2.74. The minimum Gasteiger partial charge on any atom is -0.491 e. The summed E-state index contributed by atoms with van der Waals surface area (Å²) >= 11 is 0. The van der Waals surface area contributed by atoms with Gasteiger partial charge in [-0.05, 0) is 45.0 Å². The number of benzene rings is 1. The molecule has 0 heterocycles. The van der Waals surface area contributed by atoms with Crippen molar-refractivity contribution in [3.05, 3.63) is 30.1 Å². The van der Waals surface area contributed by atoms with E-state index in [0.29, 0.717) is 5.75 Å². The molecule has 0 spiro atoms. The summed E-state index contributed by atoms with van der Waals surface area (Å²) in [6, 6.07) is 5.25. The van der Waals surface area contributed by atoms with Gasteiger partial charge in [-0.3, -0.25) is 4.79 Å². The van der Waals surface area contributed by atoms with E-state index in [9.17, 15) is 14.3 Å². The van der Waals surface area contributed by atoms with E-state index in [0.717, 1.165) is 0 Å². The zero-order valence-corrected chi connectivity index (χ0v) is 12.6. The number of aliphatic hydroxyl groups is 1. The molecule has 0 aliphatic rings. The summed E-state index contributed by atoms with van der Waals surface area (Å²) in [4.78, 5) is 11.7. The maximum absolute atomic E-state index is 12.7. The Bertz CT molecular complexity index is 437. The molecule has 0 saturated heterocycles. The molecule has 0 aliphatic heterocycles. The average molecular weight is 298 g/mol. The fraction of sp³-hybridized carbons (Fsp3) is 0.533. The SMILES string of the molecule is CC(C)NC(=O)C(C)NCC(O)COc1ccc(F)cc1. The van der Waals surface area contributed by atoms with Crippen molar-refractivity contribution in [1.29, 1.82) is 0 Å². The average Bonchev–Trinajstić information content (AvgIpc) is 2.43. The maximum Gasteiger partial charge on any atom is 0.237 e. The molecule has 0 aromatic heterocycles. The van der Waals surface area contributed by atoms with Crippen LogP contribution in [0.2, 0.25) is 0 Å². The zero-order valence-electron chi connectivity index (χ0n) is 12.6. The van der Waals surface area contributed by atoms with Crippen LogP contribution in [0.1, 0.15) is 20.8 Å². The van der Waals surface area contributed by atoms with Gasteiger partial charge in [-0.25, -0.2) is 4.39 Å². The number of halogens is 1. The van der Waals surface area contributed by atoms with Crippen LogP contribution >= 0.6 is 0 Å². The molecule has 1 aromatic rings. The Morgan fingerprint density at radius 1 is 1.29 bits per heavy atom. The topological polar surface area (TPSA) is 70.6 Å². The monoisotopic (exact) mass is 298 g/mol. The number of rotatable bonds is 8. The van der Waals surface area contributed by atoms with Gasteiger partial charge >= 0.3 is 0 Å². The second-order valence-corrected chi connectivity index (χ2v) is 5.21. The summed E-state index contributed by atoms with van der Waals surface area (Å²) in [6.07, 6.45) is -0.760. The zero-order chi connectivity index (χ0) is 15.8. The summed E-state index contributed by atoms with van der Waals surface area (Å²) in [6.45, 7) is 5.79. The van der Waals surface area contributed by atoms with Crippen LogP contribution < -0.4 is 15.4 Å². The third kappa shape index (κ3) is 7.06. The summed E-state index contributed by atoms with van der Waals surface area (Å²) in [7, 11) is 0. The van der Waals surface area contributed by atoms with Gasteiger partial charge < -0.3 is 20.5 Å². The Hall–Kier alpha value is -1.66. The molecule has 6 heteroatoms. The van der Waals surface area contributed by atoms with Crippen LogP contribution in [0.15, 0.2) is 24.3 Å². The summed E-state index contributed by atoms with van der Waals surface area (Å²) in [5, 5.41) is 15.5. The molecule has 2 atom stereocenters. The molecule has 0 fully saturated rings. The van der Waals surface area contributed by atoms with Gasteiger partial charge in [0.05, 0.1) is 6.04 Å². The van der Waals surface area contributed by atoms with Crippen LogP contribution in [0.3, 0.4) is 0 Å². The molecular formula is C15H23FN2O3. The summed E-state index contributed by atoms with van der Waals surface area (Å²) in [5.41, 5.74) is 0. The molecule has 1 amide bonds. The van der Waals surface area contributed by atoms with Crippen LogP contribution in [0.25, 0.3) is 0 Å². The normalized spacial score (nSPS) is 13.8. The van der Waals surface area contributed by atoms with E-state index in [1.54, 1.807) is 6.92 Å². The van der Waals surface area contributed by atoms with Gasteiger partial charge in [0, 0.05) is 12.6 Å². The number of carbonyl (C=O) groups excluding carboxylic acids is 1. The van der Waals surface area contributed by atoms with Crippen LogP contribution in [0, 0.1) is 5.82 Å². The molecule has 0 aliphatic carbocycles. The highest BCUT2D eigenvalue weighted by atomic mass is 19.1. The molecular weight excluding hydrogens is 275 g/mol. The second kappa shape index (κ2) is 8.59. The van der Waals surface area contributed by atoms with Crippen molar-refractivity contribution in [2.24, 2.45) is 0 Å². The lowest BCUT2D eigenvalue weighted by Gasteiger charge is -2.18. The van der Waals surface area contributed by atoms with Gasteiger partial charge in [-0.2, -0.15) is 0 Å². The van der Waals surface area contributed by atoms with Gasteiger partial charge in [0.1, 0.15) is 24.3 Å². The van der Waals surface area contributed by atoms with Gasteiger partial charge in [0.25, 0.3) is 0 Å². The van der Waals surface area contributed by atoms with E-state index >= 15 is 0 Å². The summed E-state index contributed by atoms with van der Waals surface area (Å²) < 4.78 is 18.0. The predicted octanol–water partition coefficient (Wildman–Crippen LogP) is 1.07. The highest BCUT2D eigenvalue weighted by Crippen LogP contribution is 2.11. The maximum atomic E-state index is 12.7. The minimum atomic E-state index is -0.760. The van der Waals surface area contributed by atoms with E-state index in [1.165, 1.54) is 24.3 Å². The smallest absolute Gasteiger partial charge is 0.237 e. The fourth-order valence-electron chi connectivity index (χ4n) is 1.60. The van der Waals surface area contributed by atoms with E-state index < -0.39 is 12.1 Å². The highest BCUT2D eigenvalue weighted by molar-refractivity contribution is 5.81. The molecule has 1 aromatic carbocycles. The van der Waals surface area contributed by atoms with E-state index in [-0.39, 0.29) is 30.9 Å². The van der Waals surface area contributed by atoms with Crippen molar-refractivity contribution >= 4 is 5.91 Å². The number of carbonyl (C=O) groups is 1. The van der Waals surface area contributed by atoms with Crippen LogP contribution in [0.5, 0.6) is 5.75 Å². The number of nitrogens with one attached hydrogen (secondary N) is 2. The molecule has 0 saturated carbocycles.